The van der Waals surface area contributed by atoms with Crippen molar-refractivity contribution in [2.75, 3.05) is 0 Å². The Hall–Kier alpha value is -6.23. The van der Waals surface area contributed by atoms with Gasteiger partial charge in [0.1, 0.15) is 0 Å². The molecule has 0 fully saturated rings. The summed E-state index contributed by atoms with van der Waals surface area (Å²) < 4.78 is 0. The van der Waals surface area contributed by atoms with Gasteiger partial charge in [0, 0.05) is 16.7 Å². The Morgan fingerprint density at radius 1 is 0.286 bits per heavy atom. The van der Waals surface area contributed by atoms with Crippen molar-refractivity contribution in [3.63, 3.8) is 0 Å². The topological polar surface area (TPSA) is 38.7 Å². The molecule has 1 aromatic heterocycles. The van der Waals surface area contributed by atoms with Gasteiger partial charge in [0.2, 0.25) is 0 Å². The number of benzene rings is 7. The summed E-state index contributed by atoms with van der Waals surface area (Å²) >= 11 is 0. The average Bonchev–Trinajstić information content (AvgIpc) is 3.49. The Balaban J connectivity index is 1.25. The molecule has 0 radical (unpaired) electrons. The van der Waals surface area contributed by atoms with Crippen LogP contribution in [0.1, 0.15) is 0 Å². The fourth-order valence-corrected chi connectivity index (χ4v) is 12.6. The van der Waals surface area contributed by atoms with E-state index in [0.717, 1.165) is 22.3 Å². The first kappa shape index (κ1) is 28.9. The highest BCUT2D eigenvalue weighted by Gasteiger charge is 2.48. The van der Waals surface area contributed by atoms with Crippen LogP contribution in [0.4, 0.5) is 0 Å². The van der Waals surface area contributed by atoms with Gasteiger partial charge in [-0.05, 0) is 43.0 Å². The van der Waals surface area contributed by atoms with E-state index in [1.807, 2.05) is 24.3 Å². The Morgan fingerprint density at radius 3 is 1.27 bits per heavy atom. The summed E-state index contributed by atoms with van der Waals surface area (Å²) in [7, 11) is -2.65. The maximum Gasteiger partial charge on any atom is 0.180 e. The highest BCUT2D eigenvalue weighted by molar-refractivity contribution is 7.22. The predicted molar refractivity (Wildman–Crippen MR) is 204 cm³/mol. The second kappa shape index (κ2) is 12.1. The van der Waals surface area contributed by atoms with Crippen LogP contribution >= 0.6 is 0 Å². The van der Waals surface area contributed by atoms with Gasteiger partial charge in [-0.3, -0.25) is 0 Å². The van der Waals surface area contributed by atoms with E-state index in [1.165, 1.54) is 37.4 Å². The summed E-state index contributed by atoms with van der Waals surface area (Å²) in [5, 5.41) is 5.51. The summed E-state index contributed by atoms with van der Waals surface area (Å²) in [4.78, 5) is 15.3. The van der Waals surface area contributed by atoms with E-state index in [9.17, 15) is 0 Å². The van der Waals surface area contributed by atoms with Crippen molar-refractivity contribution < 1.29 is 0 Å². The van der Waals surface area contributed by atoms with Gasteiger partial charge >= 0.3 is 0 Å². The molecule has 0 saturated carbocycles. The zero-order valence-corrected chi connectivity index (χ0v) is 27.7. The molecule has 4 heteroatoms. The van der Waals surface area contributed by atoms with Crippen molar-refractivity contribution in [2.45, 2.75) is 0 Å². The molecular weight excluding hydrogens is 611 g/mol. The molecule has 3 nitrogen and oxygen atoms in total. The van der Waals surface area contributed by atoms with Gasteiger partial charge in [0.15, 0.2) is 25.5 Å². The number of hydrogen-bond donors (Lipinski definition) is 0. The Labute approximate surface area is 287 Å². The molecule has 49 heavy (non-hydrogen) atoms. The number of rotatable bonds is 6. The molecule has 0 saturated heterocycles. The van der Waals surface area contributed by atoms with Crippen molar-refractivity contribution in [1.82, 2.24) is 15.0 Å². The third kappa shape index (κ3) is 4.93. The van der Waals surface area contributed by atoms with Gasteiger partial charge in [0.05, 0.1) is 0 Å². The van der Waals surface area contributed by atoms with Gasteiger partial charge in [-0.15, -0.1) is 0 Å². The minimum Gasteiger partial charge on any atom is -0.208 e. The SMILES string of the molecule is c1ccc(-c2ccc(-c3nc(-c4ccccc4)nc(-c4ccc5c(c4)[Si](c4ccccc4)(c4ccccc4)c4ccccc4-5)n3)cc2)cc1. The zero-order valence-electron chi connectivity index (χ0n) is 26.7. The lowest BCUT2D eigenvalue weighted by molar-refractivity contribution is 1.07. The number of nitrogens with zero attached hydrogens (tertiary/aromatic N) is 3. The normalized spacial score (nSPS) is 12.7. The van der Waals surface area contributed by atoms with Crippen molar-refractivity contribution in [3.05, 3.63) is 188 Å². The number of aromatic nitrogens is 3. The van der Waals surface area contributed by atoms with Crippen molar-refractivity contribution in [1.29, 1.82) is 0 Å². The monoisotopic (exact) mass is 641 g/mol. The summed E-state index contributed by atoms with van der Waals surface area (Å²) in [5.74, 6) is 1.98. The van der Waals surface area contributed by atoms with Crippen LogP contribution in [-0.2, 0) is 0 Å². The Bertz CT molecular complexity index is 2370. The van der Waals surface area contributed by atoms with E-state index >= 15 is 0 Å². The lowest BCUT2D eigenvalue weighted by atomic mass is 10.0. The van der Waals surface area contributed by atoms with Gasteiger partial charge in [-0.25, -0.2) is 15.0 Å². The largest absolute Gasteiger partial charge is 0.208 e. The fraction of sp³-hybridized carbons (Fsp3) is 0. The van der Waals surface area contributed by atoms with Crippen LogP contribution in [0.15, 0.2) is 188 Å². The molecule has 7 aromatic carbocycles. The quantitative estimate of drug-likeness (QED) is 0.173. The highest BCUT2D eigenvalue weighted by atomic mass is 28.3. The van der Waals surface area contributed by atoms with Crippen LogP contribution in [0.3, 0.4) is 0 Å². The van der Waals surface area contributed by atoms with E-state index in [0.29, 0.717) is 17.5 Å². The lowest BCUT2D eigenvalue weighted by Gasteiger charge is -2.31. The molecule has 0 aliphatic carbocycles. The standard InChI is InChI=1S/C45H31N3Si/c1-5-15-32(16-6-1)33-25-27-35(28-26-33)44-46-43(34-17-7-2-8-18-34)47-45(48-44)36-29-30-40-39-23-13-14-24-41(39)49(42(40)31-36,37-19-9-3-10-20-37)38-21-11-4-12-22-38/h1-31H. The molecule has 0 spiro atoms. The van der Waals surface area contributed by atoms with E-state index in [4.69, 9.17) is 15.0 Å². The molecule has 0 unspecified atom stereocenters. The van der Waals surface area contributed by atoms with Gasteiger partial charge in [0.25, 0.3) is 0 Å². The van der Waals surface area contributed by atoms with Gasteiger partial charge in [-0.2, -0.15) is 0 Å². The zero-order chi connectivity index (χ0) is 32.6. The van der Waals surface area contributed by atoms with E-state index in [1.54, 1.807) is 0 Å². The maximum atomic E-state index is 5.16. The third-order valence-electron chi connectivity index (χ3n) is 9.63. The first-order valence-corrected chi connectivity index (χ1v) is 18.6. The molecule has 0 N–H and O–H groups in total. The molecule has 0 atom stereocenters. The molecule has 0 bridgehead atoms. The van der Waals surface area contributed by atoms with Crippen molar-refractivity contribution >= 4 is 28.8 Å². The van der Waals surface area contributed by atoms with E-state index in [2.05, 4.69) is 164 Å². The molecular formula is C45H31N3Si. The van der Waals surface area contributed by atoms with E-state index in [-0.39, 0.29) is 0 Å². The predicted octanol–water partition coefficient (Wildman–Crippen LogP) is 7.90. The molecule has 9 rings (SSSR count). The van der Waals surface area contributed by atoms with Crippen molar-refractivity contribution in [3.8, 4) is 56.4 Å². The molecule has 230 valence electrons. The Morgan fingerprint density at radius 2 is 0.673 bits per heavy atom. The molecule has 1 aliphatic rings. The minimum absolute atomic E-state index is 0.655. The Kier molecular flexibility index (Phi) is 7.14. The fourth-order valence-electron chi connectivity index (χ4n) is 7.38. The van der Waals surface area contributed by atoms with Crippen LogP contribution < -0.4 is 20.7 Å². The van der Waals surface area contributed by atoms with Crippen LogP contribution in [0.5, 0.6) is 0 Å². The first-order valence-electron chi connectivity index (χ1n) is 16.6. The minimum atomic E-state index is -2.65. The smallest absolute Gasteiger partial charge is 0.180 e. The molecule has 0 amide bonds. The maximum absolute atomic E-state index is 5.16. The van der Waals surface area contributed by atoms with Crippen LogP contribution in [0.2, 0.25) is 0 Å². The highest BCUT2D eigenvalue weighted by Crippen LogP contribution is 2.32. The summed E-state index contributed by atoms with van der Waals surface area (Å²) in [6, 6.07) is 67.1. The summed E-state index contributed by atoms with van der Waals surface area (Å²) in [6.45, 7) is 0. The van der Waals surface area contributed by atoms with Crippen LogP contribution in [0.25, 0.3) is 56.4 Å². The molecule has 2 heterocycles. The van der Waals surface area contributed by atoms with Crippen molar-refractivity contribution in [2.24, 2.45) is 0 Å². The van der Waals surface area contributed by atoms with Crippen LogP contribution in [0, 0.1) is 0 Å². The average molecular weight is 642 g/mol. The van der Waals surface area contributed by atoms with E-state index < -0.39 is 8.07 Å². The van der Waals surface area contributed by atoms with Gasteiger partial charge in [-0.1, -0.05) is 188 Å². The number of fused-ring (bicyclic) bond motifs is 3. The molecule has 8 aromatic rings. The van der Waals surface area contributed by atoms with Gasteiger partial charge < -0.3 is 0 Å². The summed E-state index contributed by atoms with van der Waals surface area (Å²) in [5.41, 5.74) is 7.82. The van der Waals surface area contributed by atoms with Crippen LogP contribution in [-0.4, -0.2) is 23.0 Å². The molecule has 1 aliphatic heterocycles. The number of hydrogen-bond acceptors (Lipinski definition) is 3. The summed E-state index contributed by atoms with van der Waals surface area (Å²) in [6.07, 6.45) is 0. The third-order valence-corrected chi connectivity index (χ3v) is 14.5. The second-order valence-electron chi connectivity index (χ2n) is 12.4. The second-order valence-corrected chi connectivity index (χ2v) is 16.1. The lowest BCUT2D eigenvalue weighted by Crippen LogP contribution is -2.72. The first-order chi connectivity index (χ1) is 24.3.